The maximum absolute atomic E-state index is 12.6. The molecule has 1 aliphatic carbocycles. The van der Waals surface area contributed by atoms with Crippen LogP contribution in [0.15, 0.2) is 36.9 Å². The first-order valence-electron chi connectivity index (χ1n) is 15.4. The van der Waals surface area contributed by atoms with E-state index in [0.29, 0.717) is 18.0 Å². The molecule has 3 N–H and O–H groups in total. The molecule has 7 atom stereocenters. The van der Waals surface area contributed by atoms with Gasteiger partial charge >= 0.3 is 0 Å². The average Bonchev–Trinajstić information content (AvgIpc) is 3.50. The minimum absolute atomic E-state index is 0.0292. The van der Waals surface area contributed by atoms with Crippen LogP contribution in [0.5, 0.6) is 0 Å². The Hall–Kier alpha value is -2.01. The van der Waals surface area contributed by atoms with Crippen molar-refractivity contribution in [2.45, 2.75) is 68.2 Å². The molecule has 0 radical (unpaired) electrons. The minimum Gasteiger partial charge on any atom is -0.373 e. The van der Waals surface area contributed by atoms with E-state index in [-0.39, 0.29) is 29.9 Å². The van der Waals surface area contributed by atoms with Gasteiger partial charge in [-0.05, 0) is 70.5 Å². The Bertz CT molecular complexity index is 1070. The number of carbonyl (C=O) groups is 1. The van der Waals surface area contributed by atoms with Gasteiger partial charge < -0.3 is 24.8 Å². The maximum atomic E-state index is 12.6. The monoisotopic (exact) mass is 551 g/mol. The molecule has 1 aromatic rings. The molecule has 0 bridgehead atoms. The van der Waals surface area contributed by atoms with Crippen LogP contribution in [0, 0.1) is 5.92 Å². The molecule has 1 aromatic carbocycles. The Kier molecular flexibility index (Phi) is 8.23. The van der Waals surface area contributed by atoms with E-state index in [9.17, 15) is 4.79 Å². The quantitative estimate of drug-likeness (QED) is 0.439. The molecule has 6 rings (SSSR count). The van der Waals surface area contributed by atoms with E-state index in [4.69, 9.17) is 4.74 Å². The summed E-state index contributed by atoms with van der Waals surface area (Å²) in [6.07, 6.45) is 7.42. The number of rotatable bonds is 7. The predicted octanol–water partition coefficient (Wildman–Crippen LogP) is 1.37. The molecular weight excluding hydrogens is 502 g/mol. The molecule has 4 unspecified atom stereocenters. The van der Waals surface area contributed by atoms with E-state index < -0.39 is 0 Å². The van der Waals surface area contributed by atoms with Crippen molar-refractivity contribution in [1.82, 2.24) is 30.7 Å². The highest BCUT2D eigenvalue weighted by Crippen LogP contribution is 2.51. The molecular formula is C31H49N7O2. The zero-order valence-electron chi connectivity index (χ0n) is 24.6. The summed E-state index contributed by atoms with van der Waals surface area (Å²) in [5.41, 5.74) is 3.09. The summed E-state index contributed by atoms with van der Waals surface area (Å²) in [6, 6.07) is 9.99. The molecule has 5 aliphatic rings. The second kappa shape index (κ2) is 11.7. The molecule has 1 saturated carbocycles. The van der Waals surface area contributed by atoms with Gasteiger partial charge in [0, 0.05) is 68.9 Å². The normalized spacial score (nSPS) is 36.6. The van der Waals surface area contributed by atoms with Crippen LogP contribution in [0.4, 0.5) is 5.69 Å². The summed E-state index contributed by atoms with van der Waals surface area (Å²) < 4.78 is 6.61. The van der Waals surface area contributed by atoms with Crippen LogP contribution in [-0.4, -0.2) is 118 Å². The number of fused-ring (bicyclic) bond motifs is 3. The van der Waals surface area contributed by atoms with Gasteiger partial charge in [-0.15, -0.1) is 0 Å². The first kappa shape index (κ1) is 28.1. The Balaban J connectivity index is 1.23. The summed E-state index contributed by atoms with van der Waals surface area (Å²) in [7, 11) is 6.43. The van der Waals surface area contributed by atoms with Gasteiger partial charge in [0.1, 0.15) is 0 Å². The first-order chi connectivity index (χ1) is 19.4. The molecule has 1 spiro atoms. The summed E-state index contributed by atoms with van der Waals surface area (Å²) in [4.78, 5) is 22.1. The number of piperazine rings is 1. The Labute approximate surface area is 240 Å². The van der Waals surface area contributed by atoms with Crippen LogP contribution in [0.2, 0.25) is 0 Å². The number of carbonyl (C=O) groups excluding carboxylic acids is 1. The fraction of sp³-hybridized carbons (Fsp3) is 0.710. The van der Waals surface area contributed by atoms with Crippen LogP contribution in [0.25, 0.3) is 0 Å². The van der Waals surface area contributed by atoms with Gasteiger partial charge in [0.15, 0.2) is 6.35 Å². The molecule has 4 aliphatic heterocycles. The molecule has 9 nitrogen and oxygen atoms in total. The number of anilines is 1. The fourth-order valence-corrected chi connectivity index (χ4v) is 8.49. The van der Waals surface area contributed by atoms with Gasteiger partial charge in [0.05, 0.1) is 18.8 Å². The fourth-order valence-electron chi connectivity index (χ4n) is 8.49. The lowest BCUT2D eigenvalue weighted by Crippen LogP contribution is -2.73. The maximum Gasteiger partial charge on any atom is 0.246 e. The van der Waals surface area contributed by atoms with Gasteiger partial charge in [0.2, 0.25) is 5.91 Å². The van der Waals surface area contributed by atoms with Crippen molar-refractivity contribution >= 4 is 11.6 Å². The van der Waals surface area contributed by atoms with Crippen LogP contribution < -0.4 is 20.9 Å². The number of likely N-dealkylation sites (tertiary alicyclic amines) is 1. The van der Waals surface area contributed by atoms with E-state index in [1.165, 1.54) is 36.6 Å². The van der Waals surface area contributed by atoms with Crippen molar-refractivity contribution in [2.24, 2.45) is 5.92 Å². The third-order valence-corrected chi connectivity index (χ3v) is 10.5. The molecule has 9 heteroatoms. The van der Waals surface area contributed by atoms with Gasteiger partial charge in [-0.3, -0.25) is 20.3 Å². The van der Waals surface area contributed by atoms with Gasteiger partial charge in [0.25, 0.3) is 0 Å². The zero-order chi connectivity index (χ0) is 27.9. The number of ether oxygens (including phenoxy) is 1. The number of amides is 1. The number of hydrogen-bond acceptors (Lipinski definition) is 8. The number of para-hydroxylation sites is 1. The lowest BCUT2D eigenvalue weighted by Gasteiger charge is -2.55. The number of hydrogen-bond donors (Lipinski definition) is 3. The molecule has 1 amide bonds. The minimum atomic E-state index is -0.180. The summed E-state index contributed by atoms with van der Waals surface area (Å²) >= 11 is 0. The molecule has 220 valence electrons. The number of benzene rings is 1. The van der Waals surface area contributed by atoms with Crippen molar-refractivity contribution in [3.05, 3.63) is 42.5 Å². The summed E-state index contributed by atoms with van der Waals surface area (Å²) in [5, 5.41) is 11.2. The summed E-state index contributed by atoms with van der Waals surface area (Å²) in [6.45, 7) is 9.93. The van der Waals surface area contributed by atoms with E-state index >= 15 is 0 Å². The topological polar surface area (TPSA) is 75.4 Å². The van der Waals surface area contributed by atoms with Crippen molar-refractivity contribution in [1.29, 1.82) is 0 Å². The predicted molar refractivity (Wildman–Crippen MR) is 159 cm³/mol. The third-order valence-electron chi connectivity index (χ3n) is 10.5. The highest BCUT2D eigenvalue weighted by Gasteiger charge is 2.52. The van der Waals surface area contributed by atoms with Gasteiger partial charge in [-0.1, -0.05) is 24.8 Å². The number of nitrogens with zero attached hydrogens (tertiary/aromatic N) is 4. The van der Waals surface area contributed by atoms with Crippen molar-refractivity contribution in [2.75, 3.05) is 71.9 Å². The molecule has 4 heterocycles. The van der Waals surface area contributed by atoms with Crippen LogP contribution >= 0.6 is 0 Å². The Morgan fingerprint density at radius 1 is 1.18 bits per heavy atom. The van der Waals surface area contributed by atoms with Crippen LogP contribution in [0.1, 0.15) is 37.7 Å². The highest BCUT2D eigenvalue weighted by molar-refractivity contribution is 5.87. The zero-order valence-corrected chi connectivity index (χ0v) is 24.6. The van der Waals surface area contributed by atoms with Gasteiger partial charge in [-0.25, -0.2) is 0 Å². The third kappa shape index (κ3) is 5.21. The average molecular weight is 552 g/mol. The largest absolute Gasteiger partial charge is 0.373 e. The number of likely N-dealkylation sites (N-methyl/N-ethyl adjacent to an activating group) is 3. The molecule has 40 heavy (non-hydrogen) atoms. The lowest BCUT2D eigenvalue weighted by molar-refractivity contribution is -0.136. The molecule has 3 saturated heterocycles. The van der Waals surface area contributed by atoms with Crippen molar-refractivity contribution in [3.8, 4) is 0 Å². The van der Waals surface area contributed by atoms with Gasteiger partial charge in [-0.2, -0.15) is 0 Å². The van der Waals surface area contributed by atoms with E-state index in [1.807, 2.05) is 11.9 Å². The van der Waals surface area contributed by atoms with Crippen molar-refractivity contribution in [3.63, 3.8) is 0 Å². The lowest BCUT2D eigenvalue weighted by atomic mass is 9.64. The highest BCUT2D eigenvalue weighted by atomic mass is 16.5. The van der Waals surface area contributed by atoms with E-state index in [1.54, 1.807) is 0 Å². The molecule has 0 aromatic heterocycles. The first-order valence-corrected chi connectivity index (χ1v) is 15.4. The standard InChI is InChI=1S/C31H49N7O2/c1-5-28(39)38-16-15-37(19-23(38)18-32-2)29-24-12-13-31(21-36(4)27-11-7-6-10-25(27)31)17-26(24)33-30(34-29)40-20-22-9-8-14-35(22)3/h5-7,10-11,22-24,26,29-30,32-34H,1,8-9,12-21H2,2-4H3/t22-,23-,24?,26?,29?,30?,31-/m0/s1. The van der Waals surface area contributed by atoms with Crippen LogP contribution in [-0.2, 0) is 14.9 Å². The SMILES string of the molecule is C=CC(=O)N1CCN(C2NC(OC[C@@H]3CCCN3C)NC3C[C@@]4(CCC32)CN(C)c2ccccc24)C[C@@H]1CNC. The summed E-state index contributed by atoms with van der Waals surface area (Å²) in [5.74, 6) is 0.510. The Morgan fingerprint density at radius 2 is 2.02 bits per heavy atom. The van der Waals surface area contributed by atoms with E-state index in [0.717, 1.165) is 58.7 Å². The Morgan fingerprint density at radius 3 is 2.80 bits per heavy atom. The molecule has 4 fully saturated rings. The van der Waals surface area contributed by atoms with Crippen LogP contribution in [0.3, 0.4) is 0 Å². The van der Waals surface area contributed by atoms with Crippen molar-refractivity contribution < 1.29 is 9.53 Å². The second-order valence-corrected chi connectivity index (χ2v) is 12.9. The number of nitrogens with one attached hydrogen (secondary N) is 3. The van der Waals surface area contributed by atoms with E-state index in [2.05, 4.69) is 75.6 Å². The smallest absolute Gasteiger partial charge is 0.246 e. The second-order valence-electron chi connectivity index (χ2n) is 12.9.